The van der Waals surface area contributed by atoms with Crippen LogP contribution in [0.5, 0.6) is 0 Å². The molecule has 0 aromatic carbocycles. The van der Waals surface area contributed by atoms with Gasteiger partial charge in [0.25, 0.3) is 0 Å². The van der Waals surface area contributed by atoms with Gasteiger partial charge in [0.1, 0.15) is 0 Å². The average Bonchev–Trinajstić information content (AvgIpc) is 1.84. The highest BCUT2D eigenvalue weighted by molar-refractivity contribution is 5.73. The Morgan fingerprint density at radius 3 is 2.82 bits per heavy atom. The van der Waals surface area contributed by atoms with Gasteiger partial charge in [0.15, 0.2) is 0 Å². The standard InChI is InChI=1S/C9H14O2/c1-2-3-7-11-9(10)8-5-4-6-8/h2,8H,1,3-7H2. The van der Waals surface area contributed by atoms with Crippen molar-refractivity contribution in [2.24, 2.45) is 5.92 Å². The van der Waals surface area contributed by atoms with Crippen LogP contribution in [0.25, 0.3) is 0 Å². The Hall–Kier alpha value is -0.790. The van der Waals surface area contributed by atoms with E-state index in [-0.39, 0.29) is 11.9 Å². The minimum atomic E-state index is -0.0156. The number of hydrogen-bond donors (Lipinski definition) is 0. The summed E-state index contributed by atoms with van der Waals surface area (Å²) in [5, 5.41) is 0. The molecule has 0 aliphatic heterocycles. The summed E-state index contributed by atoms with van der Waals surface area (Å²) in [6.45, 7) is 4.04. The molecular weight excluding hydrogens is 140 g/mol. The maximum atomic E-state index is 11.0. The monoisotopic (exact) mass is 154 g/mol. The van der Waals surface area contributed by atoms with Crippen molar-refractivity contribution in [2.45, 2.75) is 25.7 Å². The van der Waals surface area contributed by atoms with Crippen molar-refractivity contribution in [2.75, 3.05) is 6.61 Å². The van der Waals surface area contributed by atoms with Gasteiger partial charge in [-0.2, -0.15) is 0 Å². The van der Waals surface area contributed by atoms with Gasteiger partial charge in [0.2, 0.25) is 0 Å². The van der Waals surface area contributed by atoms with Crippen molar-refractivity contribution in [3.05, 3.63) is 12.7 Å². The van der Waals surface area contributed by atoms with Gasteiger partial charge in [-0.1, -0.05) is 12.5 Å². The van der Waals surface area contributed by atoms with Gasteiger partial charge in [-0.15, -0.1) is 6.58 Å². The largest absolute Gasteiger partial charge is 0.465 e. The van der Waals surface area contributed by atoms with Gasteiger partial charge in [-0.3, -0.25) is 4.79 Å². The van der Waals surface area contributed by atoms with Crippen LogP contribution in [0, 0.1) is 5.92 Å². The number of rotatable bonds is 4. The lowest BCUT2D eigenvalue weighted by Gasteiger charge is -2.22. The van der Waals surface area contributed by atoms with E-state index in [1.54, 1.807) is 6.08 Å². The molecule has 1 saturated carbocycles. The van der Waals surface area contributed by atoms with Crippen LogP contribution in [0.15, 0.2) is 12.7 Å². The van der Waals surface area contributed by atoms with Gasteiger partial charge < -0.3 is 4.74 Å². The summed E-state index contributed by atoms with van der Waals surface area (Å²) in [5.41, 5.74) is 0. The van der Waals surface area contributed by atoms with E-state index in [0.29, 0.717) is 6.61 Å². The fourth-order valence-corrected chi connectivity index (χ4v) is 1.00. The molecule has 1 rings (SSSR count). The molecule has 2 heteroatoms. The van der Waals surface area contributed by atoms with E-state index in [1.807, 2.05) is 0 Å². The molecular formula is C9H14O2. The van der Waals surface area contributed by atoms with Crippen LogP contribution in [0.2, 0.25) is 0 Å². The zero-order chi connectivity index (χ0) is 8.10. The highest BCUT2D eigenvalue weighted by atomic mass is 16.5. The van der Waals surface area contributed by atoms with E-state index in [1.165, 1.54) is 6.42 Å². The lowest BCUT2D eigenvalue weighted by Crippen LogP contribution is -2.24. The molecule has 0 bridgehead atoms. The lowest BCUT2D eigenvalue weighted by molar-refractivity contribution is -0.151. The van der Waals surface area contributed by atoms with E-state index in [9.17, 15) is 4.79 Å². The molecule has 0 amide bonds. The van der Waals surface area contributed by atoms with Gasteiger partial charge in [-0.05, 0) is 19.3 Å². The second-order valence-corrected chi connectivity index (χ2v) is 2.87. The lowest BCUT2D eigenvalue weighted by atomic mass is 9.86. The SMILES string of the molecule is C=CCCOC(=O)C1CCC1. The minimum Gasteiger partial charge on any atom is -0.465 e. The molecule has 62 valence electrons. The smallest absolute Gasteiger partial charge is 0.308 e. The molecule has 1 aliphatic carbocycles. The molecule has 0 spiro atoms. The third-order valence-corrected chi connectivity index (χ3v) is 2.00. The Morgan fingerprint density at radius 2 is 2.36 bits per heavy atom. The fraction of sp³-hybridized carbons (Fsp3) is 0.667. The van der Waals surface area contributed by atoms with Gasteiger partial charge >= 0.3 is 5.97 Å². The predicted molar refractivity (Wildman–Crippen MR) is 43.1 cm³/mol. The van der Waals surface area contributed by atoms with Crippen LogP contribution < -0.4 is 0 Å². The average molecular weight is 154 g/mol. The minimum absolute atomic E-state index is 0.0156. The first kappa shape index (κ1) is 8.31. The molecule has 11 heavy (non-hydrogen) atoms. The summed E-state index contributed by atoms with van der Waals surface area (Å²) < 4.78 is 4.98. The Balaban J connectivity index is 2.05. The van der Waals surface area contributed by atoms with Crippen LogP contribution in [-0.2, 0) is 9.53 Å². The second kappa shape index (κ2) is 4.16. The summed E-state index contributed by atoms with van der Waals surface area (Å²) in [6.07, 6.45) is 5.74. The normalized spacial score (nSPS) is 17.1. The van der Waals surface area contributed by atoms with Gasteiger partial charge in [-0.25, -0.2) is 0 Å². The molecule has 1 fully saturated rings. The molecule has 0 heterocycles. The molecule has 0 N–H and O–H groups in total. The molecule has 0 radical (unpaired) electrons. The van der Waals surface area contributed by atoms with Crippen molar-refractivity contribution in [3.8, 4) is 0 Å². The third-order valence-electron chi connectivity index (χ3n) is 2.00. The van der Waals surface area contributed by atoms with Crippen molar-refractivity contribution >= 4 is 5.97 Å². The Kier molecular flexibility index (Phi) is 3.14. The number of esters is 1. The van der Waals surface area contributed by atoms with Crippen LogP contribution >= 0.6 is 0 Å². The zero-order valence-electron chi connectivity index (χ0n) is 6.71. The molecule has 0 atom stereocenters. The third kappa shape index (κ3) is 2.37. The molecule has 0 aromatic heterocycles. The van der Waals surface area contributed by atoms with E-state index < -0.39 is 0 Å². The summed E-state index contributed by atoms with van der Waals surface area (Å²) >= 11 is 0. The van der Waals surface area contributed by atoms with Crippen molar-refractivity contribution < 1.29 is 9.53 Å². The Labute approximate surface area is 67.2 Å². The van der Waals surface area contributed by atoms with E-state index in [0.717, 1.165) is 19.3 Å². The van der Waals surface area contributed by atoms with E-state index >= 15 is 0 Å². The second-order valence-electron chi connectivity index (χ2n) is 2.87. The number of ether oxygens (including phenoxy) is 1. The molecule has 0 unspecified atom stereocenters. The van der Waals surface area contributed by atoms with Crippen LogP contribution in [0.3, 0.4) is 0 Å². The van der Waals surface area contributed by atoms with Crippen molar-refractivity contribution in [3.63, 3.8) is 0 Å². The first-order valence-corrected chi connectivity index (χ1v) is 4.12. The fourth-order valence-electron chi connectivity index (χ4n) is 1.00. The molecule has 0 aromatic rings. The molecule has 2 nitrogen and oxygen atoms in total. The maximum absolute atomic E-state index is 11.0. The van der Waals surface area contributed by atoms with Crippen LogP contribution in [-0.4, -0.2) is 12.6 Å². The first-order chi connectivity index (χ1) is 5.34. The summed E-state index contributed by atoms with van der Waals surface area (Å²) in [6, 6.07) is 0. The topological polar surface area (TPSA) is 26.3 Å². The predicted octanol–water partition coefficient (Wildman–Crippen LogP) is 1.91. The molecule has 1 aliphatic rings. The number of carbonyl (C=O) groups is 1. The summed E-state index contributed by atoms with van der Waals surface area (Å²) in [5.74, 6) is 0.193. The molecule has 0 saturated heterocycles. The van der Waals surface area contributed by atoms with Crippen LogP contribution in [0.1, 0.15) is 25.7 Å². The quantitative estimate of drug-likeness (QED) is 0.351. The van der Waals surface area contributed by atoms with E-state index in [4.69, 9.17) is 4.74 Å². The maximum Gasteiger partial charge on any atom is 0.308 e. The number of carbonyl (C=O) groups excluding carboxylic acids is 1. The Bertz CT molecular complexity index is 148. The first-order valence-electron chi connectivity index (χ1n) is 4.12. The van der Waals surface area contributed by atoms with Crippen molar-refractivity contribution in [1.29, 1.82) is 0 Å². The van der Waals surface area contributed by atoms with E-state index in [2.05, 4.69) is 6.58 Å². The van der Waals surface area contributed by atoms with Gasteiger partial charge in [0.05, 0.1) is 12.5 Å². The highest BCUT2D eigenvalue weighted by Crippen LogP contribution is 2.27. The van der Waals surface area contributed by atoms with Gasteiger partial charge in [0, 0.05) is 0 Å². The highest BCUT2D eigenvalue weighted by Gasteiger charge is 2.26. The Morgan fingerprint density at radius 1 is 1.64 bits per heavy atom. The summed E-state index contributed by atoms with van der Waals surface area (Å²) in [7, 11) is 0. The zero-order valence-corrected chi connectivity index (χ0v) is 6.71. The summed E-state index contributed by atoms with van der Waals surface area (Å²) in [4.78, 5) is 11.0. The number of hydrogen-bond acceptors (Lipinski definition) is 2. The van der Waals surface area contributed by atoms with Crippen LogP contribution in [0.4, 0.5) is 0 Å². The van der Waals surface area contributed by atoms with Crippen molar-refractivity contribution in [1.82, 2.24) is 0 Å².